The Morgan fingerprint density at radius 3 is 2.25 bits per heavy atom. The number of benzene rings is 3. The first-order valence-electron chi connectivity index (χ1n) is 11.9. The SMILES string of the molecule is CC#C[C@@H](CC(=O)OC)c1ccc(OCc2ccc(C(C)(C)C)c(-c3cc(OC)ccc3F)c2)cc1. The monoisotopic (exact) mass is 488 g/mol. The number of methoxy groups -OCH3 is 2. The van der Waals surface area contributed by atoms with Crippen molar-refractivity contribution in [2.24, 2.45) is 0 Å². The highest BCUT2D eigenvalue weighted by Gasteiger charge is 2.21. The van der Waals surface area contributed by atoms with Gasteiger partial charge in [0.05, 0.1) is 26.6 Å². The van der Waals surface area contributed by atoms with E-state index in [1.54, 1.807) is 26.2 Å². The van der Waals surface area contributed by atoms with E-state index < -0.39 is 0 Å². The molecule has 0 unspecified atom stereocenters. The van der Waals surface area contributed by atoms with Gasteiger partial charge in [0.25, 0.3) is 0 Å². The van der Waals surface area contributed by atoms with E-state index in [-0.39, 0.29) is 29.5 Å². The van der Waals surface area contributed by atoms with Gasteiger partial charge in [-0.3, -0.25) is 4.79 Å². The molecule has 0 aliphatic heterocycles. The third kappa shape index (κ3) is 6.66. The van der Waals surface area contributed by atoms with Crippen LogP contribution in [-0.2, 0) is 21.6 Å². The van der Waals surface area contributed by atoms with Gasteiger partial charge in [0.15, 0.2) is 0 Å². The van der Waals surface area contributed by atoms with Gasteiger partial charge < -0.3 is 14.2 Å². The molecule has 188 valence electrons. The van der Waals surface area contributed by atoms with Crippen molar-refractivity contribution in [3.63, 3.8) is 0 Å². The van der Waals surface area contributed by atoms with Crippen molar-refractivity contribution in [3.8, 4) is 34.5 Å². The van der Waals surface area contributed by atoms with Crippen LogP contribution in [0.1, 0.15) is 56.7 Å². The highest BCUT2D eigenvalue weighted by atomic mass is 19.1. The minimum Gasteiger partial charge on any atom is -0.497 e. The lowest BCUT2D eigenvalue weighted by molar-refractivity contribution is -0.140. The van der Waals surface area contributed by atoms with Gasteiger partial charge in [0.1, 0.15) is 23.9 Å². The number of esters is 1. The molecule has 0 saturated carbocycles. The fourth-order valence-electron chi connectivity index (χ4n) is 4.04. The molecule has 36 heavy (non-hydrogen) atoms. The summed E-state index contributed by atoms with van der Waals surface area (Å²) in [5, 5.41) is 0. The van der Waals surface area contributed by atoms with Crippen LogP contribution in [0, 0.1) is 17.7 Å². The summed E-state index contributed by atoms with van der Waals surface area (Å²) in [6.07, 6.45) is 0.196. The van der Waals surface area contributed by atoms with E-state index in [1.165, 1.54) is 13.2 Å². The summed E-state index contributed by atoms with van der Waals surface area (Å²) in [5.74, 6) is 6.40. The highest BCUT2D eigenvalue weighted by Crippen LogP contribution is 2.37. The van der Waals surface area contributed by atoms with E-state index in [2.05, 4.69) is 32.6 Å². The van der Waals surface area contributed by atoms with E-state index in [0.717, 1.165) is 22.3 Å². The average Bonchev–Trinajstić information content (AvgIpc) is 2.87. The van der Waals surface area contributed by atoms with Gasteiger partial charge in [-0.1, -0.05) is 51.0 Å². The molecule has 0 amide bonds. The Labute approximate surface area is 213 Å². The van der Waals surface area contributed by atoms with Crippen molar-refractivity contribution in [1.82, 2.24) is 0 Å². The fraction of sp³-hybridized carbons (Fsp3) is 0.323. The zero-order chi connectivity index (χ0) is 26.3. The Hall–Kier alpha value is -3.78. The lowest BCUT2D eigenvalue weighted by atomic mass is 9.81. The van der Waals surface area contributed by atoms with Crippen LogP contribution in [0.3, 0.4) is 0 Å². The van der Waals surface area contributed by atoms with Crippen LogP contribution in [0.4, 0.5) is 4.39 Å². The van der Waals surface area contributed by atoms with Crippen molar-refractivity contribution in [2.45, 2.75) is 52.1 Å². The van der Waals surface area contributed by atoms with Gasteiger partial charge in [0, 0.05) is 5.56 Å². The third-order valence-electron chi connectivity index (χ3n) is 5.96. The van der Waals surface area contributed by atoms with Crippen molar-refractivity contribution >= 4 is 5.97 Å². The minimum atomic E-state index is -0.301. The second kappa shape index (κ2) is 11.8. The van der Waals surface area contributed by atoms with Crippen LogP contribution in [0.15, 0.2) is 60.7 Å². The zero-order valence-corrected chi connectivity index (χ0v) is 21.8. The molecule has 3 aromatic carbocycles. The second-order valence-electron chi connectivity index (χ2n) is 9.56. The smallest absolute Gasteiger partial charge is 0.307 e. The average molecular weight is 489 g/mol. The van der Waals surface area contributed by atoms with E-state index in [9.17, 15) is 9.18 Å². The number of hydrogen-bond donors (Lipinski definition) is 0. The zero-order valence-electron chi connectivity index (χ0n) is 21.8. The maximum atomic E-state index is 14.9. The third-order valence-corrected chi connectivity index (χ3v) is 5.96. The molecule has 0 bridgehead atoms. The second-order valence-corrected chi connectivity index (χ2v) is 9.56. The minimum absolute atomic E-state index is 0.178. The van der Waals surface area contributed by atoms with Crippen LogP contribution in [-0.4, -0.2) is 20.2 Å². The Morgan fingerprint density at radius 1 is 0.944 bits per heavy atom. The fourth-order valence-corrected chi connectivity index (χ4v) is 4.04. The lowest BCUT2D eigenvalue weighted by Gasteiger charge is -2.24. The van der Waals surface area contributed by atoms with Gasteiger partial charge in [-0.05, 0) is 71.0 Å². The number of rotatable bonds is 8. The van der Waals surface area contributed by atoms with E-state index in [4.69, 9.17) is 14.2 Å². The Bertz CT molecular complexity index is 1260. The first-order valence-corrected chi connectivity index (χ1v) is 11.9. The molecule has 1 atom stereocenters. The van der Waals surface area contributed by atoms with Crippen LogP contribution in [0.25, 0.3) is 11.1 Å². The molecule has 0 aliphatic carbocycles. The van der Waals surface area contributed by atoms with Crippen LogP contribution >= 0.6 is 0 Å². The quantitative estimate of drug-likeness (QED) is 0.252. The molecule has 3 rings (SSSR count). The predicted octanol–water partition coefficient (Wildman–Crippen LogP) is 7.05. The number of carbonyl (C=O) groups is 1. The molecule has 0 fully saturated rings. The van der Waals surface area contributed by atoms with Gasteiger partial charge in [-0.25, -0.2) is 4.39 Å². The maximum Gasteiger partial charge on any atom is 0.307 e. The van der Waals surface area contributed by atoms with E-state index >= 15 is 0 Å². The first-order chi connectivity index (χ1) is 17.2. The maximum absolute atomic E-state index is 14.9. The number of ether oxygens (including phenoxy) is 3. The number of hydrogen-bond acceptors (Lipinski definition) is 4. The van der Waals surface area contributed by atoms with Crippen molar-refractivity contribution in [3.05, 3.63) is 83.2 Å². The molecule has 0 heterocycles. The molecule has 4 nitrogen and oxygen atoms in total. The van der Waals surface area contributed by atoms with Gasteiger partial charge in [-0.15, -0.1) is 5.92 Å². The lowest BCUT2D eigenvalue weighted by Crippen LogP contribution is -2.13. The molecule has 5 heteroatoms. The molecular weight excluding hydrogens is 455 g/mol. The molecule has 0 aliphatic rings. The normalized spacial score (nSPS) is 11.8. The summed E-state index contributed by atoms with van der Waals surface area (Å²) >= 11 is 0. The molecule has 0 radical (unpaired) electrons. The first kappa shape index (κ1) is 26.8. The summed E-state index contributed by atoms with van der Waals surface area (Å²) in [7, 11) is 2.95. The Morgan fingerprint density at radius 2 is 1.64 bits per heavy atom. The van der Waals surface area contributed by atoms with Gasteiger partial charge in [0.2, 0.25) is 0 Å². The Kier molecular flexibility index (Phi) is 8.77. The number of halogens is 1. The van der Waals surface area contributed by atoms with Crippen molar-refractivity contribution < 1.29 is 23.4 Å². The summed E-state index contributed by atoms with van der Waals surface area (Å²) in [5.41, 5.74) is 4.02. The summed E-state index contributed by atoms with van der Waals surface area (Å²) in [6, 6.07) is 18.4. The van der Waals surface area contributed by atoms with Crippen LogP contribution < -0.4 is 9.47 Å². The number of carbonyl (C=O) groups excluding carboxylic acids is 1. The van der Waals surface area contributed by atoms with Crippen molar-refractivity contribution in [1.29, 1.82) is 0 Å². The standard InChI is InChI=1S/C31H33FO4/c1-7-8-23(18-30(33)35-6)22-10-12-24(13-11-22)36-20-21-9-15-28(31(2,3)4)26(17-21)27-19-25(34-5)14-16-29(27)32/h9-17,19,23H,18,20H2,1-6H3/t23-/m0/s1. The molecule has 0 saturated heterocycles. The largest absolute Gasteiger partial charge is 0.497 e. The highest BCUT2D eigenvalue weighted by molar-refractivity contribution is 5.72. The van der Waals surface area contributed by atoms with E-state index in [1.807, 2.05) is 42.5 Å². The summed E-state index contributed by atoms with van der Waals surface area (Å²) < 4.78 is 31.0. The van der Waals surface area contributed by atoms with Gasteiger partial charge in [-0.2, -0.15) is 0 Å². The van der Waals surface area contributed by atoms with Crippen LogP contribution in [0.5, 0.6) is 11.5 Å². The van der Waals surface area contributed by atoms with Gasteiger partial charge >= 0.3 is 5.97 Å². The van der Waals surface area contributed by atoms with Crippen molar-refractivity contribution in [2.75, 3.05) is 14.2 Å². The summed E-state index contributed by atoms with van der Waals surface area (Å²) in [4.78, 5) is 11.7. The van der Waals surface area contributed by atoms with Crippen LogP contribution in [0.2, 0.25) is 0 Å². The predicted molar refractivity (Wildman–Crippen MR) is 141 cm³/mol. The molecule has 0 N–H and O–H groups in total. The summed E-state index contributed by atoms with van der Waals surface area (Å²) in [6.45, 7) is 8.40. The molecule has 0 spiro atoms. The molecule has 0 aromatic heterocycles. The van der Waals surface area contributed by atoms with E-state index in [0.29, 0.717) is 23.7 Å². The Balaban J connectivity index is 1.84. The topological polar surface area (TPSA) is 44.8 Å². The molecular formula is C31H33FO4. The molecule has 3 aromatic rings.